The topological polar surface area (TPSA) is 38.7 Å². The van der Waals surface area contributed by atoms with Crippen LogP contribution in [0.2, 0.25) is 0 Å². The quantitative estimate of drug-likeness (QED) is 0.311. The predicted molar refractivity (Wildman–Crippen MR) is 90.4 cm³/mol. The molecular formula is C19H23NO2. The van der Waals surface area contributed by atoms with E-state index < -0.39 is 0 Å². The van der Waals surface area contributed by atoms with Crippen LogP contribution in [-0.2, 0) is 16.2 Å². The Hall–Kier alpha value is -2.34. The zero-order chi connectivity index (χ0) is 16.0. The van der Waals surface area contributed by atoms with Crippen LogP contribution in [0.15, 0.2) is 47.6 Å². The molecule has 0 aliphatic heterocycles. The molecule has 0 fully saturated rings. The Labute approximate surface area is 133 Å². The van der Waals surface area contributed by atoms with Gasteiger partial charge in [-0.3, -0.25) is 4.79 Å². The van der Waals surface area contributed by atoms with Gasteiger partial charge in [-0.15, -0.1) is 0 Å². The first-order valence-electron chi connectivity index (χ1n) is 7.61. The van der Waals surface area contributed by atoms with Crippen molar-refractivity contribution in [2.45, 2.75) is 46.1 Å². The summed E-state index contributed by atoms with van der Waals surface area (Å²) in [5, 5.41) is 4.01. The minimum atomic E-state index is -0.00646. The van der Waals surface area contributed by atoms with Gasteiger partial charge in [0.15, 0.2) is 0 Å². The third kappa shape index (κ3) is 8.76. The summed E-state index contributed by atoms with van der Waals surface area (Å²) in [5.74, 6) is 5.50. The van der Waals surface area contributed by atoms with E-state index in [9.17, 15) is 4.79 Å². The van der Waals surface area contributed by atoms with E-state index in [4.69, 9.17) is 4.84 Å². The van der Waals surface area contributed by atoms with Crippen molar-refractivity contribution in [3.05, 3.63) is 48.0 Å². The number of unbranched alkanes of at least 4 members (excludes halogenated alkanes) is 1. The highest BCUT2D eigenvalue weighted by molar-refractivity contribution is 5.95. The second kappa shape index (κ2) is 11.3. The number of hydrogen-bond donors (Lipinski definition) is 0. The van der Waals surface area contributed by atoms with Crippen molar-refractivity contribution in [2.75, 3.05) is 0 Å². The van der Waals surface area contributed by atoms with E-state index in [1.54, 1.807) is 0 Å². The third-order valence-corrected chi connectivity index (χ3v) is 2.78. The van der Waals surface area contributed by atoms with Gasteiger partial charge in [0.1, 0.15) is 6.61 Å². The summed E-state index contributed by atoms with van der Waals surface area (Å²) in [6, 6.07) is 9.89. The van der Waals surface area contributed by atoms with Crippen LogP contribution in [-0.4, -0.2) is 11.5 Å². The Balaban J connectivity index is 2.23. The molecule has 0 saturated heterocycles. The van der Waals surface area contributed by atoms with Crippen molar-refractivity contribution in [1.29, 1.82) is 0 Å². The average molecular weight is 297 g/mol. The van der Waals surface area contributed by atoms with E-state index in [0.29, 0.717) is 19.4 Å². The number of rotatable bonds is 8. The minimum absolute atomic E-state index is 0.00646. The Morgan fingerprint density at radius 1 is 1.32 bits per heavy atom. The van der Waals surface area contributed by atoms with E-state index in [1.807, 2.05) is 56.3 Å². The van der Waals surface area contributed by atoms with Gasteiger partial charge in [0.2, 0.25) is 5.78 Å². The van der Waals surface area contributed by atoms with Gasteiger partial charge in [0.05, 0.1) is 5.71 Å². The number of allylic oxidation sites excluding steroid dienone is 2. The van der Waals surface area contributed by atoms with Crippen LogP contribution >= 0.6 is 0 Å². The van der Waals surface area contributed by atoms with Crippen LogP contribution in [0.1, 0.15) is 45.1 Å². The molecule has 0 unspecified atom stereocenters. The molecule has 1 aromatic rings. The van der Waals surface area contributed by atoms with Crippen LogP contribution in [0.3, 0.4) is 0 Å². The Bertz CT molecular complexity index is 562. The van der Waals surface area contributed by atoms with Crippen LogP contribution in [0.4, 0.5) is 0 Å². The Morgan fingerprint density at radius 3 is 2.82 bits per heavy atom. The molecule has 0 saturated carbocycles. The van der Waals surface area contributed by atoms with Crippen LogP contribution < -0.4 is 0 Å². The van der Waals surface area contributed by atoms with Gasteiger partial charge in [-0.05, 0) is 37.3 Å². The first kappa shape index (κ1) is 17.7. The van der Waals surface area contributed by atoms with Gasteiger partial charge in [0, 0.05) is 12.8 Å². The molecule has 1 aromatic carbocycles. The molecule has 0 atom stereocenters. The molecule has 0 aliphatic carbocycles. The highest BCUT2D eigenvalue weighted by Gasteiger charge is 1.94. The normalized spacial score (nSPS) is 11.1. The van der Waals surface area contributed by atoms with Crippen LogP contribution in [0, 0.1) is 11.8 Å². The molecule has 0 spiro atoms. The lowest BCUT2D eigenvalue weighted by molar-refractivity contribution is -0.113. The fraction of sp³-hybridized carbons (Fsp3) is 0.368. The van der Waals surface area contributed by atoms with E-state index in [0.717, 1.165) is 24.1 Å². The molecule has 0 amide bonds. The summed E-state index contributed by atoms with van der Waals surface area (Å²) in [5.41, 5.74) is 1.86. The number of hydrogen-bond acceptors (Lipinski definition) is 3. The summed E-state index contributed by atoms with van der Waals surface area (Å²) in [6.45, 7) is 4.37. The number of carbonyl (C=O) groups is 1. The molecule has 0 bridgehead atoms. The lowest BCUT2D eigenvalue weighted by Gasteiger charge is -1.99. The number of ketones is 1. The number of nitrogens with zero attached hydrogens (tertiary/aromatic N) is 1. The summed E-state index contributed by atoms with van der Waals surface area (Å²) < 4.78 is 0. The van der Waals surface area contributed by atoms with Crippen molar-refractivity contribution in [3.63, 3.8) is 0 Å². The van der Waals surface area contributed by atoms with Crippen LogP contribution in [0.25, 0.3) is 0 Å². The summed E-state index contributed by atoms with van der Waals surface area (Å²) in [7, 11) is 0. The minimum Gasteiger partial charge on any atom is -0.391 e. The number of oxime groups is 1. The molecule has 0 aromatic heterocycles. The fourth-order valence-corrected chi connectivity index (χ4v) is 1.63. The highest BCUT2D eigenvalue weighted by atomic mass is 16.6. The lowest BCUT2D eigenvalue weighted by Crippen LogP contribution is -1.93. The van der Waals surface area contributed by atoms with E-state index in [-0.39, 0.29) is 5.78 Å². The maximum absolute atomic E-state index is 11.4. The number of benzene rings is 1. The maximum Gasteiger partial charge on any atom is 0.205 e. The molecule has 1 rings (SSSR count). The molecule has 22 heavy (non-hydrogen) atoms. The Morgan fingerprint density at radius 2 is 2.09 bits per heavy atom. The summed E-state index contributed by atoms with van der Waals surface area (Å²) in [4.78, 5) is 16.7. The highest BCUT2D eigenvalue weighted by Crippen LogP contribution is 2.01. The molecule has 116 valence electrons. The van der Waals surface area contributed by atoms with Gasteiger partial charge in [-0.2, -0.15) is 0 Å². The number of Topliss-reactive ketones (excluding diaryl/α,β-unsaturated/α-hetero) is 1. The van der Waals surface area contributed by atoms with Crippen LogP contribution in [0.5, 0.6) is 0 Å². The molecule has 0 N–H and O–H groups in total. The van der Waals surface area contributed by atoms with Crippen molar-refractivity contribution in [2.24, 2.45) is 5.16 Å². The van der Waals surface area contributed by atoms with Crippen molar-refractivity contribution >= 4 is 11.5 Å². The van der Waals surface area contributed by atoms with E-state index in [1.165, 1.54) is 0 Å². The third-order valence-electron chi connectivity index (χ3n) is 2.78. The van der Waals surface area contributed by atoms with E-state index >= 15 is 0 Å². The largest absolute Gasteiger partial charge is 0.391 e. The smallest absolute Gasteiger partial charge is 0.205 e. The summed E-state index contributed by atoms with van der Waals surface area (Å²) in [6.07, 6.45) is 6.67. The van der Waals surface area contributed by atoms with Gasteiger partial charge in [0.25, 0.3) is 0 Å². The fourth-order valence-electron chi connectivity index (χ4n) is 1.63. The SMILES string of the molecule is CCCC#CC(=O)CC/C=C/C(C)=N/OCc1ccccc1. The summed E-state index contributed by atoms with van der Waals surface area (Å²) >= 11 is 0. The van der Waals surface area contributed by atoms with Gasteiger partial charge in [-0.25, -0.2) is 0 Å². The van der Waals surface area contributed by atoms with E-state index in [2.05, 4.69) is 17.0 Å². The lowest BCUT2D eigenvalue weighted by atomic mass is 10.2. The maximum atomic E-state index is 11.4. The Kier molecular flexibility index (Phi) is 9.12. The van der Waals surface area contributed by atoms with Gasteiger partial charge >= 0.3 is 0 Å². The first-order valence-corrected chi connectivity index (χ1v) is 7.61. The molecular weight excluding hydrogens is 274 g/mol. The predicted octanol–water partition coefficient (Wildman–Crippen LogP) is 4.29. The molecule has 0 aliphatic rings. The average Bonchev–Trinajstić information content (AvgIpc) is 2.53. The number of carbonyl (C=O) groups excluding carboxylic acids is 1. The zero-order valence-electron chi connectivity index (χ0n) is 13.3. The molecule has 0 heterocycles. The van der Waals surface area contributed by atoms with Crippen molar-refractivity contribution < 1.29 is 9.63 Å². The standard InChI is InChI=1S/C19H23NO2/c1-3-4-6-14-19(21)15-10-9-11-17(2)20-22-16-18-12-7-5-8-13-18/h5,7-9,11-13H,3-4,10,15-16H2,1-2H3/b11-9+,20-17+. The first-order chi connectivity index (χ1) is 10.7. The second-order valence-electron chi connectivity index (χ2n) is 4.91. The molecule has 0 radical (unpaired) electrons. The van der Waals surface area contributed by atoms with Crippen molar-refractivity contribution in [3.8, 4) is 11.8 Å². The van der Waals surface area contributed by atoms with Gasteiger partial charge in [-0.1, -0.05) is 54.4 Å². The van der Waals surface area contributed by atoms with Gasteiger partial charge < -0.3 is 4.84 Å². The molecule has 3 nitrogen and oxygen atoms in total. The second-order valence-corrected chi connectivity index (χ2v) is 4.91. The van der Waals surface area contributed by atoms with Crippen molar-refractivity contribution in [1.82, 2.24) is 0 Å². The monoisotopic (exact) mass is 297 g/mol. The molecule has 3 heteroatoms. The zero-order valence-corrected chi connectivity index (χ0v) is 13.3.